The van der Waals surface area contributed by atoms with Crippen LogP contribution < -0.4 is 10.0 Å². The second-order valence-electron chi connectivity index (χ2n) is 5.76. The maximum atomic E-state index is 11.4. The van der Waals surface area contributed by atoms with Crippen LogP contribution in [0.5, 0.6) is 0 Å². The minimum atomic E-state index is -3.19. The molecule has 2 aromatic rings. The third-order valence-corrected chi connectivity index (χ3v) is 4.81. The Morgan fingerprint density at radius 1 is 1.22 bits per heavy atom. The second kappa shape index (κ2) is 7.69. The number of nitrogens with one attached hydrogen (secondary N) is 2. The zero-order chi connectivity index (χ0) is 16.9. The maximum Gasteiger partial charge on any atom is 0.211 e. The van der Waals surface area contributed by atoms with E-state index in [-0.39, 0.29) is 12.3 Å². The van der Waals surface area contributed by atoms with Gasteiger partial charge in [0.05, 0.1) is 5.75 Å². The Hall–Kier alpha value is -1.74. The smallest absolute Gasteiger partial charge is 0.211 e. The van der Waals surface area contributed by atoms with Gasteiger partial charge in [-0.05, 0) is 31.4 Å². The van der Waals surface area contributed by atoms with E-state index in [0.717, 1.165) is 18.8 Å². The minimum absolute atomic E-state index is 0.0652. The van der Waals surface area contributed by atoms with Gasteiger partial charge in [-0.15, -0.1) is 15.3 Å². The largest absolute Gasteiger partial charge is 0.369 e. The fourth-order valence-corrected chi connectivity index (χ4v) is 2.61. The summed E-state index contributed by atoms with van der Waals surface area (Å²) < 4.78 is 27.0. The van der Waals surface area contributed by atoms with E-state index in [0.29, 0.717) is 23.8 Å². The zero-order valence-electron chi connectivity index (χ0n) is 13.8. The van der Waals surface area contributed by atoms with Crippen LogP contribution in [0.25, 0.3) is 5.65 Å². The van der Waals surface area contributed by atoms with Gasteiger partial charge >= 0.3 is 0 Å². The van der Waals surface area contributed by atoms with Gasteiger partial charge in [-0.1, -0.05) is 13.8 Å². The molecule has 0 spiro atoms. The summed E-state index contributed by atoms with van der Waals surface area (Å²) in [5.74, 6) is 2.08. The Balaban J connectivity index is 2.03. The standard InChI is InChI=1S/C14H24N6O2S/c1-4-23(21,22)16-10-8-14-18-17-13-6-5-12(19-20(13)14)15-9-7-11(2)3/h5-6,11,16H,4,7-10H2,1-3H3,(H,15,19). The van der Waals surface area contributed by atoms with E-state index in [2.05, 4.69) is 39.2 Å². The molecule has 0 aromatic carbocycles. The Bertz CT molecular complexity index is 741. The van der Waals surface area contributed by atoms with Gasteiger partial charge in [-0.2, -0.15) is 4.52 Å². The Kier molecular flexibility index (Phi) is 5.89. The molecular formula is C14H24N6O2S. The highest BCUT2D eigenvalue weighted by Gasteiger charge is 2.10. The quantitative estimate of drug-likeness (QED) is 0.708. The first-order chi connectivity index (χ1) is 10.9. The molecule has 0 radical (unpaired) electrons. The Morgan fingerprint density at radius 3 is 2.70 bits per heavy atom. The summed E-state index contributed by atoms with van der Waals surface area (Å²) in [6, 6.07) is 3.71. The summed E-state index contributed by atoms with van der Waals surface area (Å²) in [7, 11) is -3.19. The van der Waals surface area contributed by atoms with E-state index in [9.17, 15) is 8.42 Å². The van der Waals surface area contributed by atoms with Crippen LogP contribution in [0, 0.1) is 5.92 Å². The molecule has 9 heteroatoms. The van der Waals surface area contributed by atoms with Crippen molar-refractivity contribution in [2.45, 2.75) is 33.6 Å². The first-order valence-electron chi connectivity index (χ1n) is 7.84. The highest BCUT2D eigenvalue weighted by molar-refractivity contribution is 7.89. The summed E-state index contributed by atoms with van der Waals surface area (Å²) in [4.78, 5) is 0. The van der Waals surface area contributed by atoms with Crippen molar-refractivity contribution in [2.75, 3.05) is 24.2 Å². The molecule has 2 aromatic heterocycles. The van der Waals surface area contributed by atoms with Crippen LogP contribution in [0.1, 0.15) is 33.0 Å². The monoisotopic (exact) mass is 340 g/mol. The number of sulfonamides is 1. The minimum Gasteiger partial charge on any atom is -0.369 e. The number of fused-ring (bicyclic) bond motifs is 1. The average Bonchev–Trinajstić information content (AvgIpc) is 2.89. The third kappa shape index (κ3) is 5.14. The van der Waals surface area contributed by atoms with Crippen LogP contribution in [-0.4, -0.2) is 47.1 Å². The van der Waals surface area contributed by atoms with Crippen molar-refractivity contribution < 1.29 is 8.42 Å². The summed E-state index contributed by atoms with van der Waals surface area (Å²) in [5, 5.41) is 15.9. The Morgan fingerprint density at radius 2 is 2.00 bits per heavy atom. The Labute approximate surface area is 136 Å². The first kappa shape index (κ1) is 17.6. The molecule has 0 bridgehead atoms. The van der Waals surface area contributed by atoms with Crippen molar-refractivity contribution in [2.24, 2.45) is 5.92 Å². The molecule has 8 nitrogen and oxygen atoms in total. The van der Waals surface area contributed by atoms with E-state index in [1.54, 1.807) is 11.4 Å². The molecule has 2 N–H and O–H groups in total. The van der Waals surface area contributed by atoms with Crippen molar-refractivity contribution in [3.63, 3.8) is 0 Å². The molecule has 2 heterocycles. The van der Waals surface area contributed by atoms with Crippen LogP contribution in [-0.2, 0) is 16.4 Å². The molecular weight excluding hydrogens is 316 g/mol. The summed E-state index contributed by atoms with van der Waals surface area (Å²) in [6.45, 7) is 7.08. The van der Waals surface area contributed by atoms with Gasteiger partial charge in [0, 0.05) is 19.5 Å². The van der Waals surface area contributed by atoms with E-state index >= 15 is 0 Å². The highest BCUT2D eigenvalue weighted by atomic mass is 32.2. The number of nitrogens with zero attached hydrogens (tertiary/aromatic N) is 4. The normalized spacial score (nSPS) is 12.2. The number of rotatable bonds is 9. The number of aromatic nitrogens is 4. The van der Waals surface area contributed by atoms with E-state index in [4.69, 9.17) is 0 Å². The number of hydrogen-bond acceptors (Lipinski definition) is 6. The molecule has 0 saturated heterocycles. The van der Waals surface area contributed by atoms with Crippen molar-refractivity contribution >= 4 is 21.5 Å². The van der Waals surface area contributed by atoms with Gasteiger partial charge in [0.2, 0.25) is 10.0 Å². The molecule has 0 aliphatic carbocycles. The zero-order valence-corrected chi connectivity index (χ0v) is 14.6. The van der Waals surface area contributed by atoms with Gasteiger partial charge in [0.15, 0.2) is 11.5 Å². The first-order valence-corrected chi connectivity index (χ1v) is 9.49. The molecule has 0 fully saturated rings. The summed E-state index contributed by atoms with van der Waals surface area (Å²) in [5.41, 5.74) is 0.646. The predicted molar refractivity (Wildman–Crippen MR) is 89.9 cm³/mol. The molecule has 0 saturated carbocycles. The lowest BCUT2D eigenvalue weighted by Gasteiger charge is -2.08. The van der Waals surface area contributed by atoms with Gasteiger partial charge in [-0.25, -0.2) is 13.1 Å². The van der Waals surface area contributed by atoms with Crippen LogP contribution in [0.4, 0.5) is 5.82 Å². The SMILES string of the molecule is CCS(=O)(=O)NCCc1nnc2ccc(NCCC(C)C)nn12. The molecule has 0 amide bonds. The lowest BCUT2D eigenvalue weighted by Crippen LogP contribution is -2.27. The molecule has 0 aliphatic heterocycles. The highest BCUT2D eigenvalue weighted by Crippen LogP contribution is 2.08. The predicted octanol–water partition coefficient (Wildman–Crippen LogP) is 1.06. The molecule has 0 unspecified atom stereocenters. The van der Waals surface area contributed by atoms with E-state index < -0.39 is 10.0 Å². The lowest BCUT2D eigenvalue weighted by atomic mass is 10.1. The second-order valence-corrected chi connectivity index (χ2v) is 7.86. The van der Waals surface area contributed by atoms with Gasteiger partial charge in [0.25, 0.3) is 0 Å². The van der Waals surface area contributed by atoms with Crippen LogP contribution in [0.3, 0.4) is 0 Å². The van der Waals surface area contributed by atoms with Crippen molar-refractivity contribution in [3.05, 3.63) is 18.0 Å². The van der Waals surface area contributed by atoms with Gasteiger partial charge in [0.1, 0.15) is 5.82 Å². The number of hydrogen-bond donors (Lipinski definition) is 2. The summed E-state index contributed by atoms with van der Waals surface area (Å²) >= 11 is 0. The van der Waals surface area contributed by atoms with Gasteiger partial charge < -0.3 is 5.32 Å². The maximum absolute atomic E-state index is 11.4. The van der Waals surface area contributed by atoms with Crippen LogP contribution >= 0.6 is 0 Å². The van der Waals surface area contributed by atoms with E-state index in [1.165, 1.54) is 0 Å². The number of anilines is 1. The fourth-order valence-electron chi connectivity index (χ4n) is 1.99. The molecule has 2 rings (SSSR count). The molecule has 0 aliphatic rings. The van der Waals surface area contributed by atoms with E-state index in [1.807, 2.05) is 12.1 Å². The fraction of sp³-hybridized carbons (Fsp3) is 0.643. The van der Waals surface area contributed by atoms with Crippen molar-refractivity contribution in [3.8, 4) is 0 Å². The topological polar surface area (TPSA) is 101 Å². The lowest BCUT2D eigenvalue weighted by molar-refractivity contribution is 0.581. The van der Waals surface area contributed by atoms with Crippen molar-refractivity contribution in [1.82, 2.24) is 24.5 Å². The summed E-state index contributed by atoms with van der Waals surface area (Å²) in [6.07, 6.45) is 1.50. The molecule has 128 valence electrons. The van der Waals surface area contributed by atoms with Crippen LogP contribution in [0.2, 0.25) is 0 Å². The average molecular weight is 340 g/mol. The van der Waals surface area contributed by atoms with Crippen molar-refractivity contribution in [1.29, 1.82) is 0 Å². The third-order valence-electron chi connectivity index (χ3n) is 3.41. The molecule has 0 atom stereocenters. The van der Waals surface area contributed by atoms with Crippen LogP contribution in [0.15, 0.2) is 12.1 Å². The van der Waals surface area contributed by atoms with Gasteiger partial charge in [-0.3, -0.25) is 0 Å². The molecule has 23 heavy (non-hydrogen) atoms.